The van der Waals surface area contributed by atoms with Crippen LogP contribution in [0.3, 0.4) is 0 Å². The van der Waals surface area contributed by atoms with E-state index in [-0.39, 0.29) is 17.6 Å². The number of rotatable bonds is 6. The zero-order valence-electron chi connectivity index (χ0n) is 17.1. The number of carbonyl (C=O) groups is 1. The Morgan fingerprint density at radius 3 is 2.55 bits per heavy atom. The molecule has 31 heavy (non-hydrogen) atoms. The number of nitrogens with one attached hydrogen (secondary N) is 1. The molecule has 0 spiro atoms. The first kappa shape index (κ1) is 21.3. The van der Waals surface area contributed by atoms with Crippen LogP contribution >= 0.6 is 23.4 Å². The molecule has 1 amide bonds. The van der Waals surface area contributed by atoms with Crippen molar-refractivity contribution in [2.45, 2.75) is 16.6 Å². The molecule has 3 aromatic rings. The van der Waals surface area contributed by atoms with Gasteiger partial charge in [-0.15, -0.1) is 11.8 Å². The van der Waals surface area contributed by atoms with Crippen LogP contribution in [-0.2, 0) is 4.79 Å². The van der Waals surface area contributed by atoms with Gasteiger partial charge >= 0.3 is 0 Å². The molecule has 0 saturated heterocycles. The summed E-state index contributed by atoms with van der Waals surface area (Å²) in [6.45, 7) is 0. The molecule has 0 fully saturated rings. The van der Waals surface area contributed by atoms with Gasteiger partial charge in [-0.05, 0) is 60.2 Å². The normalized spacial score (nSPS) is 14.9. The maximum Gasteiger partial charge on any atom is 0.225 e. The minimum atomic E-state index is -0.128. The summed E-state index contributed by atoms with van der Waals surface area (Å²) >= 11 is 7.83. The van der Waals surface area contributed by atoms with E-state index in [1.165, 1.54) is 0 Å². The van der Waals surface area contributed by atoms with E-state index in [0.29, 0.717) is 16.5 Å². The van der Waals surface area contributed by atoms with E-state index in [2.05, 4.69) is 5.32 Å². The lowest BCUT2D eigenvalue weighted by Crippen LogP contribution is -2.27. The Kier molecular flexibility index (Phi) is 6.49. The molecule has 5 nitrogen and oxygen atoms in total. The van der Waals surface area contributed by atoms with E-state index in [9.17, 15) is 4.79 Å². The van der Waals surface area contributed by atoms with Crippen LogP contribution in [0.2, 0.25) is 5.02 Å². The van der Waals surface area contributed by atoms with Crippen molar-refractivity contribution >= 4 is 46.4 Å². The quantitative estimate of drug-likeness (QED) is 0.499. The van der Waals surface area contributed by atoms with Gasteiger partial charge in [0.15, 0.2) is 0 Å². The average Bonchev–Trinajstić information content (AvgIpc) is 2.79. The topological polar surface area (TPSA) is 59.9 Å². The molecule has 7 heteroatoms. The first-order valence-corrected chi connectivity index (χ1v) is 10.9. The Hall–Kier alpha value is -2.96. The van der Waals surface area contributed by atoms with E-state index in [4.69, 9.17) is 26.1 Å². The number of halogens is 1. The van der Waals surface area contributed by atoms with Crippen molar-refractivity contribution < 1.29 is 14.3 Å². The van der Waals surface area contributed by atoms with Crippen LogP contribution in [0.1, 0.15) is 12.0 Å². The smallest absolute Gasteiger partial charge is 0.225 e. The Balaban J connectivity index is 1.57. The molecule has 3 aromatic carbocycles. The molecule has 0 aliphatic carbocycles. The molecule has 1 aliphatic heterocycles. The van der Waals surface area contributed by atoms with Gasteiger partial charge in [-0.25, -0.2) is 0 Å². The van der Waals surface area contributed by atoms with Crippen molar-refractivity contribution in [2.75, 3.05) is 19.5 Å². The zero-order valence-corrected chi connectivity index (χ0v) is 18.7. The van der Waals surface area contributed by atoms with Crippen LogP contribution in [0.25, 0.3) is 0 Å². The third kappa shape index (κ3) is 4.86. The second kappa shape index (κ2) is 9.45. The van der Waals surface area contributed by atoms with Crippen LogP contribution in [0, 0.1) is 0 Å². The van der Waals surface area contributed by atoms with Gasteiger partial charge in [0, 0.05) is 17.0 Å². The SMILES string of the molecule is COc1ccc(C2=Nc3ccccc3S[C@@H]2CC(=O)Nc2ccc(OC)c(Cl)c2)cc1. The summed E-state index contributed by atoms with van der Waals surface area (Å²) in [5.41, 5.74) is 3.37. The van der Waals surface area contributed by atoms with Crippen molar-refractivity contribution in [1.29, 1.82) is 0 Å². The van der Waals surface area contributed by atoms with E-state index >= 15 is 0 Å². The summed E-state index contributed by atoms with van der Waals surface area (Å²) in [6, 6.07) is 20.9. The molecule has 1 N–H and O–H groups in total. The lowest BCUT2D eigenvalue weighted by Gasteiger charge is -2.24. The summed E-state index contributed by atoms with van der Waals surface area (Å²) in [5.74, 6) is 1.23. The molecule has 1 heterocycles. The van der Waals surface area contributed by atoms with Gasteiger partial charge in [0.1, 0.15) is 11.5 Å². The summed E-state index contributed by atoms with van der Waals surface area (Å²) in [5, 5.41) is 3.25. The fourth-order valence-corrected chi connectivity index (χ4v) is 4.83. The lowest BCUT2D eigenvalue weighted by atomic mass is 10.0. The van der Waals surface area contributed by atoms with Gasteiger partial charge in [-0.2, -0.15) is 0 Å². The number of nitrogens with zero attached hydrogens (tertiary/aromatic N) is 1. The molecular weight excluding hydrogens is 432 g/mol. The second-order valence-corrected chi connectivity index (χ2v) is 8.55. The number of aliphatic imine (C=N–C) groups is 1. The van der Waals surface area contributed by atoms with Crippen LogP contribution in [0.5, 0.6) is 11.5 Å². The van der Waals surface area contributed by atoms with E-state index in [0.717, 1.165) is 27.6 Å². The number of carbonyl (C=O) groups excluding carboxylic acids is 1. The van der Waals surface area contributed by atoms with Gasteiger partial charge in [0.25, 0.3) is 0 Å². The molecule has 158 valence electrons. The Morgan fingerprint density at radius 1 is 1.06 bits per heavy atom. The standard InChI is InChI=1S/C24H21ClN2O3S/c1-29-17-10-7-15(8-11-17)24-22(31-21-6-4-3-5-19(21)27-24)14-23(28)26-16-9-12-20(30-2)18(25)13-16/h3-13,22H,14H2,1-2H3,(H,26,28)/t22-/m1/s1. The number of benzene rings is 3. The number of hydrogen-bond acceptors (Lipinski definition) is 5. The first-order chi connectivity index (χ1) is 15.1. The predicted molar refractivity (Wildman–Crippen MR) is 127 cm³/mol. The van der Waals surface area contributed by atoms with Gasteiger partial charge in [0.05, 0.1) is 35.9 Å². The molecule has 0 unspecified atom stereocenters. The van der Waals surface area contributed by atoms with Gasteiger partial charge < -0.3 is 14.8 Å². The van der Waals surface area contributed by atoms with Crippen LogP contribution in [0.4, 0.5) is 11.4 Å². The highest BCUT2D eigenvalue weighted by atomic mass is 35.5. The summed E-state index contributed by atoms with van der Waals surface area (Å²) in [6.07, 6.45) is 0.271. The number of fused-ring (bicyclic) bond motifs is 1. The number of thioether (sulfide) groups is 1. The highest BCUT2D eigenvalue weighted by molar-refractivity contribution is 8.01. The van der Waals surface area contributed by atoms with Crippen LogP contribution in [-0.4, -0.2) is 31.1 Å². The van der Waals surface area contributed by atoms with Crippen molar-refractivity contribution in [3.63, 3.8) is 0 Å². The lowest BCUT2D eigenvalue weighted by molar-refractivity contribution is -0.116. The molecular formula is C24H21ClN2O3S. The minimum Gasteiger partial charge on any atom is -0.497 e. The summed E-state index contributed by atoms with van der Waals surface area (Å²) < 4.78 is 10.4. The molecule has 1 aliphatic rings. The Labute approximate surface area is 190 Å². The maximum absolute atomic E-state index is 12.9. The molecule has 0 bridgehead atoms. The third-order valence-electron chi connectivity index (χ3n) is 4.87. The second-order valence-electron chi connectivity index (χ2n) is 6.90. The monoisotopic (exact) mass is 452 g/mol. The van der Waals surface area contributed by atoms with Gasteiger partial charge in [-0.1, -0.05) is 23.7 Å². The minimum absolute atomic E-state index is 0.112. The van der Waals surface area contributed by atoms with Crippen LogP contribution in [0.15, 0.2) is 76.6 Å². The number of amides is 1. The van der Waals surface area contributed by atoms with E-state index < -0.39 is 0 Å². The fourth-order valence-electron chi connectivity index (χ4n) is 3.34. The third-order valence-corrected chi connectivity index (χ3v) is 6.44. The maximum atomic E-state index is 12.9. The highest BCUT2D eigenvalue weighted by Gasteiger charge is 2.27. The predicted octanol–water partition coefficient (Wildman–Crippen LogP) is 5.98. The Morgan fingerprint density at radius 2 is 1.84 bits per heavy atom. The number of anilines is 1. The Bertz CT molecular complexity index is 1130. The molecule has 1 atom stereocenters. The van der Waals surface area contributed by atoms with Gasteiger partial charge in [-0.3, -0.25) is 9.79 Å². The van der Waals surface area contributed by atoms with E-state index in [1.807, 2.05) is 48.5 Å². The van der Waals surface area contributed by atoms with Crippen molar-refractivity contribution in [2.24, 2.45) is 4.99 Å². The largest absolute Gasteiger partial charge is 0.497 e. The number of hydrogen-bond donors (Lipinski definition) is 1. The molecule has 0 radical (unpaired) electrons. The number of para-hydroxylation sites is 1. The van der Waals surface area contributed by atoms with Crippen LogP contribution < -0.4 is 14.8 Å². The van der Waals surface area contributed by atoms with Crippen molar-refractivity contribution in [1.82, 2.24) is 0 Å². The van der Waals surface area contributed by atoms with Crippen molar-refractivity contribution in [3.8, 4) is 11.5 Å². The number of ether oxygens (including phenoxy) is 2. The molecule has 0 aromatic heterocycles. The summed E-state index contributed by atoms with van der Waals surface area (Å²) in [7, 11) is 3.19. The molecule has 4 rings (SSSR count). The average molecular weight is 453 g/mol. The van der Waals surface area contributed by atoms with Crippen molar-refractivity contribution in [3.05, 3.63) is 77.3 Å². The van der Waals surface area contributed by atoms with E-state index in [1.54, 1.807) is 44.2 Å². The number of methoxy groups -OCH3 is 2. The fraction of sp³-hybridized carbons (Fsp3) is 0.167. The summed E-state index contributed by atoms with van der Waals surface area (Å²) in [4.78, 5) is 18.8. The first-order valence-electron chi connectivity index (χ1n) is 9.69. The zero-order chi connectivity index (χ0) is 21.8. The molecule has 0 saturated carbocycles. The van der Waals surface area contributed by atoms with Gasteiger partial charge in [0.2, 0.25) is 5.91 Å². The highest BCUT2D eigenvalue weighted by Crippen LogP contribution is 2.40.